The highest BCUT2D eigenvalue weighted by molar-refractivity contribution is 6.02. The third kappa shape index (κ3) is 4.04. The van der Waals surface area contributed by atoms with Crippen molar-refractivity contribution in [3.8, 4) is 0 Å². The Balaban J connectivity index is 1.74. The SMILES string of the molecule is CCCCn1c(=O)[nH]c(=O)c2c1nc(COC(=O)c1nn(C)c(=O)c3ccccc13)n2CCC. The van der Waals surface area contributed by atoms with Crippen molar-refractivity contribution in [1.82, 2.24) is 28.9 Å². The number of nitrogens with zero attached hydrogens (tertiary/aromatic N) is 5. The van der Waals surface area contributed by atoms with Crippen LogP contribution in [0.5, 0.6) is 0 Å². The fourth-order valence-corrected chi connectivity index (χ4v) is 3.96. The van der Waals surface area contributed by atoms with Gasteiger partial charge in [-0.15, -0.1) is 0 Å². The molecule has 11 nitrogen and oxygen atoms in total. The van der Waals surface area contributed by atoms with Gasteiger partial charge in [-0.25, -0.2) is 19.3 Å². The number of hydrogen-bond donors (Lipinski definition) is 1. The molecule has 0 atom stereocenters. The van der Waals surface area contributed by atoms with Gasteiger partial charge in [0.15, 0.2) is 16.9 Å². The Morgan fingerprint density at radius 1 is 1.03 bits per heavy atom. The number of fused-ring (bicyclic) bond motifs is 2. The molecule has 1 N–H and O–H groups in total. The van der Waals surface area contributed by atoms with Crippen molar-refractivity contribution in [1.29, 1.82) is 0 Å². The Morgan fingerprint density at radius 2 is 1.76 bits per heavy atom. The van der Waals surface area contributed by atoms with E-state index in [-0.39, 0.29) is 29.0 Å². The van der Waals surface area contributed by atoms with Gasteiger partial charge in [-0.05, 0) is 18.9 Å². The van der Waals surface area contributed by atoms with E-state index in [0.717, 1.165) is 17.5 Å². The van der Waals surface area contributed by atoms with Crippen molar-refractivity contribution in [2.24, 2.45) is 7.05 Å². The number of carbonyl (C=O) groups excluding carboxylic acids is 1. The van der Waals surface area contributed by atoms with Gasteiger partial charge in [0, 0.05) is 25.5 Å². The van der Waals surface area contributed by atoms with Crippen LogP contribution in [0, 0.1) is 0 Å². The number of H-pyrrole nitrogens is 1. The molecule has 3 heterocycles. The van der Waals surface area contributed by atoms with Crippen molar-refractivity contribution >= 4 is 27.9 Å². The maximum atomic E-state index is 12.9. The average molecular weight is 466 g/mol. The predicted octanol–water partition coefficient (Wildman–Crippen LogP) is 1.70. The minimum Gasteiger partial charge on any atom is -0.453 e. The smallest absolute Gasteiger partial charge is 0.359 e. The first-order chi connectivity index (χ1) is 16.4. The van der Waals surface area contributed by atoms with Crippen molar-refractivity contribution in [3.05, 3.63) is 67.0 Å². The molecule has 4 aromatic rings. The lowest BCUT2D eigenvalue weighted by atomic mass is 10.1. The third-order valence-electron chi connectivity index (χ3n) is 5.63. The van der Waals surface area contributed by atoms with E-state index in [2.05, 4.69) is 15.1 Å². The standard InChI is InChI=1S/C23H26N6O5/c1-4-6-12-29-19-18(20(30)25-23(29)33)28(11-5-2)16(24-19)13-34-22(32)17-14-9-7-8-10-15(14)21(31)27(3)26-17/h7-10H,4-6,11-13H2,1-3H3,(H,25,30,33). The first kappa shape index (κ1) is 23.1. The molecule has 0 saturated carbocycles. The number of unbranched alkanes of at least 4 members (excludes halogenated alkanes) is 1. The van der Waals surface area contributed by atoms with Gasteiger partial charge in [-0.3, -0.25) is 19.1 Å². The number of benzene rings is 1. The monoisotopic (exact) mass is 466 g/mol. The van der Waals surface area contributed by atoms with Crippen LogP contribution in [-0.2, 0) is 31.5 Å². The summed E-state index contributed by atoms with van der Waals surface area (Å²) in [4.78, 5) is 57.2. The van der Waals surface area contributed by atoms with E-state index in [9.17, 15) is 19.2 Å². The number of nitrogens with one attached hydrogen (secondary N) is 1. The van der Waals surface area contributed by atoms with E-state index in [1.54, 1.807) is 28.8 Å². The van der Waals surface area contributed by atoms with Crippen LogP contribution in [0.1, 0.15) is 49.4 Å². The summed E-state index contributed by atoms with van der Waals surface area (Å²) >= 11 is 0. The minimum absolute atomic E-state index is 0.00792. The molecule has 178 valence electrons. The highest BCUT2D eigenvalue weighted by Gasteiger charge is 2.21. The lowest BCUT2D eigenvalue weighted by Crippen LogP contribution is -2.31. The average Bonchev–Trinajstić information content (AvgIpc) is 3.18. The van der Waals surface area contributed by atoms with E-state index in [4.69, 9.17) is 4.74 Å². The van der Waals surface area contributed by atoms with Crippen molar-refractivity contribution in [2.45, 2.75) is 52.8 Å². The molecule has 0 fully saturated rings. The Kier molecular flexibility index (Phi) is 6.44. The molecular formula is C23H26N6O5. The number of imidazole rings is 1. The summed E-state index contributed by atoms with van der Waals surface area (Å²) in [7, 11) is 1.47. The summed E-state index contributed by atoms with van der Waals surface area (Å²) in [5, 5.41) is 4.84. The summed E-state index contributed by atoms with van der Waals surface area (Å²) < 4.78 is 9.74. The second kappa shape index (κ2) is 9.46. The van der Waals surface area contributed by atoms with Crippen molar-refractivity contribution in [3.63, 3.8) is 0 Å². The first-order valence-corrected chi connectivity index (χ1v) is 11.2. The highest BCUT2D eigenvalue weighted by Crippen LogP contribution is 2.17. The molecule has 34 heavy (non-hydrogen) atoms. The second-order valence-corrected chi connectivity index (χ2v) is 8.02. The van der Waals surface area contributed by atoms with Gasteiger partial charge in [-0.1, -0.05) is 38.5 Å². The summed E-state index contributed by atoms with van der Waals surface area (Å²) in [6, 6.07) is 6.68. The van der Waals surface area contributed by atoms with Gasteiger partial charge < -0.3 is 9.30 Å². The zero-order chi connectivity index (χ0) is 24.4. The van der Waals surface area contributed by atoms with Crippen LogP contribution in [0.25, 0.3) is 21.9 Å². The van der Waals surface area contributed by atoms with E-state index < -0.39 is 17.2 Å². The Bertz CT molecular complexity index is 1560. The first-order valence-electron chi connectivity index (χ1n) is 11.2. The molecule has 0 bridgehead atoms. The number of hydrogen-bond acceptors (Lipinski definition) is 7. The third-order valence-corrected chi connectivity index (χ3v) is 5.63. The van der Waals surface area contributed by atoms with E-state index >= 15 is 0 Å². The number of rotatable bonds is 8. The highest BCUT2D eigenvalue weighted by atomic mass is 16.5. The summed E-state index contributed by atoms with van der Waals surface area (Å²) in [6.07, 6.45) is 2.32. The van der Waals surface area contributed by atoms with Crippen molar-refractivity contribution in [2.75, 3.05) is 0 Å². The number of aromatic nitrogens is 6. The van der Waals surface area contributed by atoms with Gasteiger partial charge in [-0.2, -0.15) is 5.10 Å². The fourth-order valence-electron chi connectivity index (χ4n) is 3.96. The molecule has 0 amide bonds. The Morgan fingerprint density at radius 3 is 2.47 bits per heavy atom. The predicted molar refractivity (Wildman–Crippen MR) is 126 cm³/mol. The molecule has 0 radical (unpaired) electrons. The largest absolute Gasteiger partial charge is 0.453 e. The molecule has 0 spiro atoms. The van der Waals surface area contributed by atoms with Gasteiger partial charge in [0.1, 0.15) is 12.4 Å². The zero-order valence-electron chi connectivity index (χ0n) is 19.3. The van der Waals surface area contributed by atoms with Crippen LogP contribution in [-0.4, -0.2) is 34.9 Å². The molecule has 0 aliphatic carbocycles. The van der Waals surface area contributed by atoms with E-state index in [0.29, 0.717) is 36.1 Å². The summed E-state index contributed by atoms with van der Waals surface area (Å²) in [5.41, 5.74) is -0.815. The van der Waals surface area contributed by atoms with Crippen LogP contribution in [0.2, 0.25) is 0 Å². The lowest BCUT2D eigenvalue weighted by Gasteiger charge is -2.10. The molecule has 3 aromatic heterocycles. The second-order valence-electron chi connectivity index (χ2n) is 8.02. The molecule has 0 unspecified atom stereocenters. The topological polar surface area (TPSA) is 134 Å². The van der Waals surface area contributed by atoms with Crippen LogP contribution in [0.15, 0.2) is 38.6 Å². The molecule has 0 saturated heterocycles. The molecule has 1 aromatic carbocycles. The van der Waals surface area contributed by atoms with Crippen LogP contribution in [0.3, 0.4) is 0 Å². The van der Waals surface area contributed by atoms with Gasteiger partial charge in [0.2, 0.25) is 0 Å². The lowest BCUT2D eigenvalue weighted by molar-refractivity contribution is 0.0451. The number of aryl methyl sites for hydroxylation is 3. The fraction of sp³-hybridized carbons (Fsp3) is 0.391. The van der Waals surface area contributed by atoms with Crippen LogP contribution in [0.4, 0.5) is 0 Å². The number of aromatic amines is 1. The maximum Gasteiger partial charge on any atom is 0.359 e. The quantitative estimate of drug-likeness (QED) is 0.391. The Labute approximate surface area is 193 Å². The molecule has 0 aliphatic rings. The zero-order valence-corrected chi connectivity index (χ0v) is 19.3. The molecule has 11 heteroatoms. The van der Waals surface area contributed by atoms with Crippen LogP contribution < -0.4 is 16.8 Å². The molecule has 0 aliphatic heterocycles. The molecular weight excluding hydrogens is 440 g/mol. The summed E-state index contributed by atoms with van der Waals surface area (Å²) in [6.45, 7) is 4.60. The summed E-state index contributed by atoms with van der Waals surface area (Å²) in [5.74, 6) is -0.375. The van der Waals surface area contributed by atoms with Gasteiger partial charge in [0.25, 0.3) is 11.1 Å². The number of ether oxygens (including phenoxy) is 1. The van der Waals surface area contributed by atoms with Crippen LogP contribution >= 0.6 is 0 Å². The van der Waals surface area contributed by atoms with Crippen molar-refractivity contribution < 1.29 is 9.53 Å². The van der Waals surface area contributed by atoms with E-state index in [1.807, 2.05) is 13.8 Å². The van der Waals surface area contributed by atoms with Gasteiger partial charge >= 0.3 is 11.7 Å². The number of esters is 1. The maximum absolute atomic E-state index is 12.9. The normalized spacial score (nSPS) is 11.4. The minimum atomic E-state index is -0.723. The number of carbonyl (C=O) groups is 1. The molecule has 4 rings (SSSR count). The van der Waals surface area contributed by atoms with Gasteiger partial charge in [0.05, 0.1) is 5.39 Å². The van der Waals surface area contributed by atoms with E-state index in [1.165, 1.54) is 11.6 Å². The Hall–Kier alpha value is -4.02.